The van der Waals surface area contributed by atoms with E-state index in [0.29, 0.717) is 24.0 Å². The Labute approximate surface area is 207 Å². The fourth-order valence-corrected chi connectivity index (χ4v) is 4.36. The Balaban J connectivity index is 1.38. The molecule has 0 atom stereocenters. The van der Waals surface area contributed by atoms with Crippen molar-refractivity contribution in [1.29, 1.82) is 0 Å². The molecule has 36 heavy (non-hydrogen) atoms. The summed E-state index contributed by atoms with van der Waals surface area (Å²) in [5.74, 6) is -1.06. The molecule has 0 unspecified atom stereocenters. The van der Waals surface area contributed by atoms with Gasteiger partial charge < -0.3 is 20.2 Å². The molecule has 7 heteroatoms. The number of carbonyl (C=O) groups is 2. The van der Waals surface area contributed by atoms with Crippen LogP contribution in [0.2, 0.25) is 0 Å². The lowest BCUT2D eigenvalue weighted by molar-refractivity contribution is -0.117. The van der Waals surface area contributed by atoms with E-state index in [2.05, 4.69) is 15.6 Å². The van der Waals surface area contributed by atoms with Crippen molar-refractivity contribution in [2.75, 3.05) is 6.54 Å². The van der Waals surface area contributed by atoms with Crippen molar-refractivity contribution >= 4 is 39.7 Å². The van der Waals surface area contributed by atoms with Crippen LogP contribution < -0.4 is 10.6 Å². The number of H-pyrrole nitrogens is 1. The van der Waals surface area contributed by atoms with Gasteiger partial charge in [-0.15, -0.1) is 0 Å². The molecule has 0 bridgehead atoms. The first kappa shape index (κ1) is 23.1. The second-order valence-corrected chi connectivity index (χ2v) is 8.60. The zero-order chi connectivity index (χ0) is 25.1. The third-order valence-electron chi connectivity index (χ3n) is 6.17. The first-order chi connectivity index (χ1) is 17.5. The molecular formula is C29H25FN4O2. The molecule has 3 aromatic carbocycles. The number of fused-ring (bicyclic) bond motifs is 2. The molecule has 3 N–H and O–H groups in total. The fourth-order valence-electron chi connectivity index (χ4n) is 4.36. The Morgan fingerprint density at radius 3 is 2.61 bits per heavy atom. The fraction of sp³-hybridized carbons (Fsp3) is 0.103. The van der Waals surface area contributed by atoms with Crippen molar-refractivity contribution in [3.05, 3.63) is 113 Å². The number of halogens is 1. The molecule has 6 nitrogen and oxygen atoms in total. The Morgan fingerprint density at radius 2 is 1.78 bits per heavy atom. The first-order valence-electron chi connectivity index (χ1n) is 11.7. The van der Waals surface area contributed by atoms with Gasteiger partial charge in [0, 0.05) is 58.9 Å². The van der Waals surface area contributed by atoms with Gasteiger partial charge >= 0.3 is 0 Å². The summed E-state index contributed by atoms with van der Waals surface area (Å²) >= 11 is 0. The summed E-state index contributed by atoms with van der Waals surface area (Å²) < 4.78 is 15.5. The van der Waals surface area contributed by atoms with E-state index >= 15 is 0 Å². The highest BCUT2D eigenvalue weighted by atomic mass is 19.1. The maximum atomic E-state index is 13.5. The molecule has 180 valence electrons. The Morgan fingerprint density at radius 1 is 1.00 bits per heavy atom. The number of hydrogen-bond donors (Lipinski definition) is 3. The van der Waals surface area contributed by atoms with Crippen LogP contribution in [0.3, 0.4) is 0 Å². The van der Waals surface area contributed by atoms with E-state index in [4.69, 9.17) is 0 Å². The minimum atomic E-state index is -0.391. The number of aromatic amines is 1. The molecule has 0 fully saturated rings. The van der Waals surface area contributed by atoms with Crippen LogP contribution in [0.15, 0.2) is 90.9 Å². The van der Waals surface area contributed by atoms with Gasteiger partial charge in [-0.1, -0.05) is 36.4 Å². The summed E-state index contributed by atoms with van der Waals surface area (Å²) in [6.07, 6.45) is 6.00. The molecule has 0 aliphatic heterocycles. The summed E-state index contributed by atoms with van der Waals surface area (Å²) in [4.78, 5) is 29.2. The lowest BCUT2D eigenvalue weighted by Gasteiger charge is -2.11. The summed E-state index contributed by atoms with van der Waals surface area (Å²) in [7, 11) is 1.94. The molecule has 0 aliphatic carbocycles. The average molecular weight is 481 g/mol. The summed E-state index contributed by atoms with van der Waals surface area (Å²) in [5.41, 5.74) is 4.14. The molecule has 0 radical (unpaired) electrons. The number of rotatable bonds is 7. The van der Waals surface area contributed by atoms with E-state index in [9.17, 15) is 14.0 Å². The predicted octanol–water partition coefficient (Wildman–Crippen LogP) is 4.93. The molecule has 0 saturated heterocycles. The molecule has 0 spiro atoms. The molecular weight excluding hydrogens is 455 g/mol. The highest BCUT2D eigenvalue weighted by Crippen LogP contribution is 2.23. The summed E-state index contributed by atoms with van der Waals surface area (Å²) in [6, 6.07) is 21.2. The van der Waals surface area contributed by atoms with Crippen LogP contribution in [0.5, 0.6) is 0 Å². The molecule has 5 rings (SSSR count). The van der Waals surface area contributed by atoms with Crippen LogP contribution in [0.1, 0.15) is 21.5 Å². The number of aryl methyl sites for hydroxylation is 1. The minimum absolute atomic E-state index is 0.154. The maximum Gasteiger partial charge on any atom is 0.267 e. The molecule has 2 heterocycles. The van der Waals surface area contributed by atoms with Crippen LogP contribution in [0.4, 0.5) is 4.39 Å². The normalized spacial score (nSPS) is 11.7. The second-order valence-electron chi connectivity index (χ2n) is 8.60. The maximum absolute atomic E-state index is 13.5. The SMILES string of the molecule is Cn1cc(/C=C(\NC(=O)c2ccccc2)C(=O)NCCc2c[nH]c3cc(F)ccc23)c2ccccc21. The van der Waals surface area contributed by atoms with Crippen LogP contribution in [-0.2, 0) is 18.3 Å². The monoisotopic (exact) mass is 480 g/mol. The van der Waals surface area contributed by atoms with Gasteiger partial charge in [-0.25, -0.2) is 4.39 Å². The number of carbonyl (C=O) groups excluding carboxylic acids is 2. The smallest absolute Gasteiger partial charge is 0.267 e. The van der Waals surface area contributed by atoms with Crippen LogP contribution in [0.25, 0.3) is 27.9 Å². The Hall–Kier alpha value is -4.65. The van der Waals surface area contributed by atoms with Gasteiger partial charge in [0.05, 0.1) is 0 Å². The van der Waals surface area contributed by atoms with E-state index in [1.807, 2.05) is 54.3 Å². The van der Waals surface area contributed by atoms with Crippen molar-refractivity contribution < 1.29 is 14.0 Å². The topological polar surface area (TPSA) is 78.9 Å². The Kier molecular flexibility index (Phi) is 6.36. The van der Waals surface area contributed by atoms with Crippen molar-refractivity contribution in [1.82, 2.24) is 20.2 Å². The van der Waals surface area contributed by atoms with Gasteiger partial charge in [0.2, 0.25) is 0 Å². The molecule has 0 aliphatic rings. The highest BCUT2D eigenvalue weighted by Gasteiger charge is 2.16. The first-order valence-corrected chi connectivity index (χ1v) is 11.7. The van der Waals surface area contributed by atoms with E-state index < -0.39 is 5.91 Å². The lowest BCUT2D eigenvalue weighted by atomic mass is 10.1. The van der Waals surface area contributed by atoms with Crippen molar-refractivity contribution in [3.63, 3.8) is 0 Å². The Bertz CT molecular complexity index is 1600. The van der Waals surface area contributed by atoms with Gasteiger partial charge in [-0.3, -0.25) is 9.59 Å². The number of nitrogens with one attached hydrogen (secondary N) is 3. The van der Waals surface area contributed by atoms with E-state index in [1.165, 1.54) is 12.1 Å². The highest BCUT2D eigenvalue weighted by molar-refractivity contribution is 6.06. The van der Waals surface area contributed by atoms with E-state index in [1.54, 1.807) is 36.4 Å². The predicted molar refractivity (Wildman–Crippen MR) is 140 cm³/mol. The molecule has 2 aromatic heterocycles. The molecule has 0 saturated carbocycles. The largest absolute Gasteiger partial charge is 0.361 e. The third-order valence-corrected chi connectivity index (χ3v) is 6.17. The number of aromatic nitrogens is 2. The van der Waals surface area contributed by atoms with Gasteiger partial charge in [0.15, 0.2) is 0 Å². The van der Waals surface area contributed by atoms with Crippen LogP contribution >= 0.6 is 0 Å². The summed E-state index contributed by atoms with van der Waals surface area (Å²) in [5, 5.41) is 7.59. The van der Waals surface area contributed by atoms with Crippen LogP contribution in [-0.4, -0.2) is 27.9 Å². The zero-order valence-electron chi connectivity index (χ0n) is 19.7. The van der Waals surface area contributed by atoms with E-state index in [-0.39, 0.29) is 17.4 Å². The van der Waals surface area contributed by atoms with Gasteiger partial charge in [0.25, 0.3) is 11.8 Å². The van der Waals surface area contributed by atoms with Crippen LogP contribution in [0, 0.1) is 5.82 Å². The average Bonchev–Trinajstić information content (AvgIpc) is 3.44. The number of nitrogens with zero attached hydrogens (tertiary/aromatic N) is 1. The lowest BCUT2D eigenvalue weighted by Crippen LogP contribution is -2.35. The molecule has 2 amide bonds. The number of amides is 2. The van der Waals surface area contributed by atoms with Gasteiger partial charge in [-0.2, -0.15) is 0 Å². The summed E-state index contributed by atoms with van der Waals surface area (Å²) in [6.45, 7) is 0.344. The number of hydrogen-bond acceptors (Lipinski definition) is 2. The second kappa shape index (κ2) is 9.92. The molecule has 5 aromatic rings. The number of para-hydroxylation sites is 1. The number of benzene rings is 3. The van der Waals surface area contributed by atoms with Gasteiger partial charge in [-0.05, 0) is 54.5 Å². The standard InChI is InChI=1S/C29H25FN4O2/c1-34-18-21(24-9-5-6-10-27(24)34)15-26(33-28(35)19-7-3-2-4-8-19)29(36)31-14-13-20-17-32-25-16-22(30)11-12-23(20)25/h2-12,15-18,32H,13-14H2,1H3,(H,31,36)(H,33,35)/b26-15-. The quantitative estimate of drug-likeness (QED) is 0.289. The van der Waals surface area contributed by atoms with E-state index in [0.717, 1.165) is 27.4 Å². The van der Waals surface area contributed by atoms with Crippen molar-refractivity contribution in [2.24, 2.45) is 7.05 Å². The van der Waals surface area contributed by atoms with Crippen molar-refractivity contribution in [2.45, 2.75) is 6.42 Å². The van der Waals surface area contributed by atoms with Gasteiger partial charge in [0.1, 0.15) is 11.5 Å². The van der Waals surface area contributed by atoms with Crippen molar-refractivity contribution in [3.8, 4) is 0 Å². The third kappa shape index (κ3) is 4.77. The minimum Gasteiger partial charge on any atom is -0.361 e. The zero-order valence-corrected chi connectivity index (χ0v) is 19.7.